The van der Waals surface area contributed by atoms with Crippen molar-refractivity contribution in [1.29, 1.82) is 0 Å². The molecule has 4 heteroatoms. The van der Waals surface area contributed by atoms with Crippen molar-refractivity contribution in [3.63, 3.8) is 0 Å². The summed E-state index contributed by atoms with van der Waals surface area (Å²) in [6.45, 7) is 4.16. The molecule has 1 heterocycles. The van der Waals surface area contributed by atoms with E-state index in [4.69, 9.17) is 0 Å². The third-order valence-electron chi connectivity index (χ3n) is 2.70. The van der Waals surface area contributed by atoms with Gasteiger partial charge in [-0.2, -0.15) is 0 Å². The Morgan fingerprint density at radius 3 is 2.61 bits per heavy atom. The number of amides is 1. The molecule has 0 aliphatic rings. The molecule has 94 valence electrons. The Labute approximate surface area is 115 Å². The average Bonchev–Trinajstić information content (AvgIpc) is 2.78. The van der Waals surface area contributed by atoms with Crippen molar-refractivity contribution < 1.29 is 4.79 Å². The maximum Gasteiger partial charge on any atom is 0.208 e. The fraction of sp³-hybridized carbons (Fsp3) is 0.214. The molecule has 2 aromatic rings. The molecule has 0 aliphatic carbocycles. The Kier molecular flexibility index (Phi) is 4.44. The second-order valence-corrected chi connectivity index (χ2v) is 6.11. The van der Waals surface area contributed by atoms with Crippen LogP contribution >= 0.6 is 23.1 Å². The summed E-state index contributed by atoms with van der Waals surface area (Å²) in [7, 11) is 0. The van der Waals surface area contributed by atoms with Crippen molar-refractivity contribution >= 4 is 29.5 Å². The molecule has 1 unspecified atom stereocenters. The topological polar surface area (TPSA) is 29.1 Å². The summed E-state index contributed by atoms with van der Waals surface area (Å²) in [5.74, 6) is 0. The van der Waals surface area contributed by atoms with Crippen LogP contribution in [0.15, 0.2) is 40.6 Å². The fourth-order valence-corrected chi connectivity index (χ4v) is 3.95. The number of carbonyl (C=O) groups excluding carboxylic acids is 1. The van der Waals surface area contributed by atoms with Crippen LogP contribution in [-0.2, 0) is 4.79 Å². The molecule has 0 saturated heterocycles. The average molecular weight is 277 g/mol. The van der Waals surface area contributed by atoms with E-state index >= 15 is 0 Å². The maximum absolute atomic E-state index is 10.8. The van der Waals surface area contributed by atoms with E-state index in [0.29, 0.717) is 0 Å². The standard InChI is InChI=1S/C14H15NOS2/c1-10-5-3-4-6-12(10)18-14(15-9-16)13-11(2)7-8-17-13/h3-9,14H,1-2H3,(H,15,16). The number of carbonyl (C=O) groups is 1. The van der Waals surface area contributed by atoms with Crippen molar-refractivity contribution in [2.24, 2.45) is 0 Å². The normalized spacial score (nSPS) is 12.1. The lowest BCUT2D eigenvalue weighted by molar-refractivity contribution is -0.109. The van der Waals surface area contributed by atoms with E-state index in [1.165, 1.54) is 20.9 Å². The minimum atomic E-state index is -0.0106. The van der Waals surface area contributed by atoms with E-state index in [9.17, 15) is 4.79 Å². The molecule has 1 amide bonds. The zero-order valence-electron chi connectivity index (χ0n) is 10.3. The molecule has 1 atom stereocenters. The Hall–Kier alpha value is -1.26. The third kappa shape index (κ3) is 2.94. The summed E-state index contributed by atoms with van der Waals surface area (Å²) in [6.07, 6.45) is 0.773. The molecule has 18 heavy (non-hydrogen) atoms. The van der Waals surface area contributed by atoms with Gasteiger partial charge >= 0.3 is 0 Å². The van der Waals surface area contributed by atoms with Crippen LogP contribution in [0.25, 0.3) is 0 Å². The van der Waals surface area contributed by atoms with Gasteiger partial charge in [-0.25, -0.2) is 0 Å². The first kappa shape index (κ1) is 13.2. The van der Waals surface area contributed by atoms with Gasteiger partial charge < -0.3 is 5.32 Å². The Morgan fingerprint density at radius 1 is 1.22 bits per heavy atom. The van der Waals surface area contributed by atoms with Gasteiger partial charge in [0.15, 0.2) is 0 Å². The highest BCUT2D eigenvalue weighted by molar-refractivity contribution is 7.99. The molecule has 1 aromatic heterocycles. The Bertz CT molecular complexity index is 536. The summed E-state index contributed by atoms with van der Waals surface area (Å²) in [4.78, 5) is 13.2. The number of rotatable bonds is 5. The zero-order chi connectivity index (χ0) is 13.0. The van der Waals surface area contributed by atoms with E-state index in [1.807, 2.05) is 12.1 Å². The van der Waals surface area contributed by atoms with Gasteiger partial charge in [-0.05, 0) is 42.5 Å². The quantitative estimate of drug-likeness (QED) is 0.510. The van der Waals surface area contributed by atoms with Gasteiger partial charge in [-0.15, -0.1) is 11.3 Å². The lowest BCUT2D eigenvalue weighted by atomic mass is 10.2. The van der Waals surface area contributed by atoms with Gasteiger partial charge in [-0.3, -0.25) is 4.79 Å². The number of nitrogens with one attached hydrogen (secondary N) is 1. The summed E-state index contributed by atoms with van der Waals surface area (Å²) >= 11 is 3.36. The second-order valence-electron chi connectivity index (χ2n) is 4.02. The molecule has 2 nitrogen and oxygen atoms in total. The molecule has 1 aromatic carbocycles. The number of hydrogen-bond acceptors (Lipinski definition) is 3. The number of hydrogen-bond donors (Lipinski definition) is 1. The molecule has 0 saturated carbocycles. The number of aryl methyl sites for hydroxylation is 2. The van der Waals surface area contributed by atoms with E-state index in [2.05, 4.69) is 42.7 Å². The summed E-state index contributed by atoms with van der Waals surface area (Å²) in [6, 6.07) is 10.3. The number of thiophene rings is 1. The third-order valence-corrected chi connectivity index (χ3v) is 5.25. The van der Waals surface area contributed by atoms with Gasteiger partial charge in [0.1, 0.15) is 5.37 Å². The van der Waals surface area contributed by atoms with Gasteiger partial charge in [0, 0.05) is 9.77 Å². The largest absolute Gasteiger partial charge is 0.342 e. The first-order valence-corrected chi connectivity index (χ1v) is 7.44. The minimum absolute atomic E-state index is 0.0106. The van der Waals surface area contributed by atoms with Crippen molar-refractivity contribution in [2.75, 3.05) is 0 Å². The van der Waals surface area contributed by atoms with Crippen molar-refractivity contribution in [1.82, 2.24) is 5.32 Å². The molecule has 1 N–H and O–H groups in total. The predicted molar refractivity (Wildman–Crippen MR) is 78.0 cm³/mol. The van der Waals surface area contributed by atoms with Gasteiger partial charge in [0.05, 0.1) is 0 Å². The fourth-order valence-electron chi connectivity index (χ4n) is 1.69. The SMILES string of the molecule is Cc1ccccc1SC(NC=O)c1sccc1C. The maximum atomic E-state index is 10.8. The zero-order valence-corrected chi connectivity index (χ0v) is 12.0. The first-order chi connectivity index (χ1) is 8.72. The predicted octanol–water partition coefficient (Wildman–Crippen LogP) is 3.90. The van der Waals surface area contributed by atoms with Gasteiger partial charge in [-0.1, -0.05) is 30.0 Å². The van der Waals surface area contributed by atoms with E-state index < -0.39 is 0 Å². The lowest BCUT2D eigenvalue weighted by Crippen LogP contribution is -2.16. The van der Waals surface area contributed by atoms with Gasteiger partial charge in [0.2, 0.25) is 6.41 Å². The first-order valence-electron chi connectivity index (χ1n) is 5.68. The molecule has 0 bridgehead atoms. The summed E-state index contributed by atoms with van der Waals surface area (Å²) in [5.41, 5.74) is 2.45. The molecular formula is C14H15NOS2. The van der Waals surface area contributed by atoms with Crippen LogP contribution in [0.2, 0.25) is 0 Å². The van der Waals surface area contributed by atoms with Crippen LogP contribution < -0.4 is 5.32 Å². The Morgan fingerprint density at radius 2 is 2.00 bits per heavy atom. The van der Waals surface area contributed by atoms with Gasteiger partial charge in [0.25, 0.3) is 0 Å². The molecule has 0 fully saturated rings. The van der Waals surface area contributed by atoms with Crippen molar-refractivity contribution in [2.45, 2.75) is 24.1 Å². The highest BCUT2D eigenvalue weighted by Crippen LogP contribution is 2.38. The highest BCUT2D eigenvalue weighted by atomic mass is 32.2. The second kappa shape index (κ2) is 6.07. The summed E-state index contributed by atoms with van der Waals surface area (Å²) < 4.78 is 0. The molecule has 2 rings (SSSR count). The van der Waals surface area contributed by atoms with E-state index in [0.717, 1.165) is 6.41 Å². The van der Waals surface area contributed by atoms with Crippen LogP contribution in [-0.4, -0.2) is 6.41 Å². The highest BCUT2D eigenvalue weighted by Gasteiger charge is 2.16. The molecule has 0 aliphatic heterocycles. The number of benzene rings is 1. The molecular weight excluding hydrogens is 262 g/mol. The number of thioether (sulfide) groups is 1. The minimum Gasteiger partial charge on any atom is -0.342 e. The lowest BCUT2D eigenvalue weighted by Gasteiger charge is -2.16. The smallest absolute Gasteiger partial charge is 0.208 e. The van der Waals surface area contributed by atoms with Crippen molar-refractivity contribution in [3.8, 4) is 0 Å². The van der Waals surface area contributed by atoms with E-state index in [1.54, 1.807) is 23.1 Å². The summed E-state index contributed by atoms with van der Waals surface area (Å²) in [5, 5.41) is 4.94. The van der Waals surface area contributed by atoms with Crippen LogP contribution in [0.1, 0.15) is 21.4 Å². The monoisotopic (exact) mass is 277 g/mol. The van der Waals surface area contributed by atoms with E-state index in [-0.39, 0.29) is 5.37 Å². The molecule has 0 radical (unpaired) electrons. The van der Waals surface area contributed by atoms with Crippen LogP contribution in [0, 0.1) is 13.8 Å². The molecule has 0 spiro atoms. The van der Waals surface area contributed by atoms with Crippen LogP contribution in [0.5, 0.6) is 0 Å². The Balaban J connectivity index is 2.25. The van der Waals surface area contributed by atoms with Crippen LogP contribution in [0.3, 0.4) is 0 Å². The van der Waals surface area contributed by atoms with Crippen molar-refractivity contribution in [3.05, 3.63) is 51.7 Å². The van der Waals surface area contributed by atoms with Crippen LogP contribution in [0.4, 0.5) is 0 Å².